The number of hydrogen-bond donors (Lipinski definition) is 3. The first kappa shape index (κ1) is 14.3. The van der Waals surface area contributed by atoms with Crippen LogP contribution in [-0.4, -0.2) is 35.2 Å². The van der Waals surface area contributed by atoms with Gasteiger partial charge in [-0.05, 0) is 19.8 Å². The van der Waals surface area contributed by atoms with E-state index in [-0.39, 0.29) is 24.5 Å². The quantitative estimate of drug-likeness (QED) is 0.771. The zero-order valence-electron chi connectivity index (χ0n) is 11.2. The van der Waals surface area contributed by atoms with Crippen LogP contribution in [0, 0.1) is 5.92 Å². The normalized spacial score (nSPS) is 23.1. The van der Waals surface area contributed by atoms with Crippen LogP contribution in [0.1, 0.15) is 42.3 Å². The summed E-state index contributed by atoms with van der Waals surface area (Å²) in [5.41, 5.74) is 0. The molecule has 5 nitrogen and oxygen atoms in total. The minimum Gasteiger partial charge on any atom is -0.396 e. The van der Waals surface area contributed by atoms with Gasteiger partial charge in [0, 0.05) is 25.1 Å². The van der Waals surface area contributed by atoms with Crippen LogP contribution in [0.3, 0.4) is 0 Å². The number of hydrogen-bond acceptors (Lipinski definition) is 5. The Morgan fingerprint density at radius 2 is 2.32 bits per heavy atom. The molecule has 0 bridgehead atoms. The molecule has 1 aromatic rings. The molecular weight excluding hydrogens is 262 g/mol. The van der Waals surface area contributed by atoms with Crippen molar-refractivity contribution in [1.82, 2.24) is 10.3 Å². The van der Waals surface area contributed by atoms with Crippen molar-refractivity contribution < 1.29 is 9.90 Å². The van der Waals surface area contributed by atoms with Crippen molar-refractivity contribution in [3.8, 4) is 0 Å². The van der Waals surface area contributed by atoms with Gasteiger partial charge < -0.3 is 15.7 Å². The molecule has 2 unspecified atom stereocenters. The van der Waals surface area contributed by atoms with E-state index in [9.17, 15) is 9.90 Å². The van der Waals surface area contributed by atoms with Gasteiger partial charge in [-0.25, -0.2) is 4.98 Å². The molecule has 2 rings (SSSR count). The summed E-state index contributed by atoms with van der Waals surface area (Å²) in [7, 11) is 0. The van der Waals surface area contributed by atoms with Gasteiger partial charge in [0.2, 0.25) is 0 Å². The largest absolute Gasteiger partial charge is 0.396 e. The highest BCUT2D eigenvalue weighted by atomic mass is 32.1. The van der Waals surface area contributed by atoms with Crippen molar-refractivity contribution in [1.29, 1.82) is 0 Å². The number of aliphatic hydroxyl groups is 1. The van der Waals surface area contributed by atoms with Crippen LogP contribution in [0.25, 0.3) is 0 Å². The van der Waals surface area contributed by atoms with Gasteiger partial charge in [0.1, 0.15) is 4.88 Å². The summed E-state index contributed by atoms with van der Waals surface area (Å²) in [5.74, 6) is 0.117. The van der Waals surface area contributed by atoms with Crippen molar-refractivity contribution in [2.45, 2.75) is 38.6 Å². The molecule has 1 aliphatic rings. The molecular formula is C13H21N3O2S. The highest BCUT2D eigenvalue weighted by molar-refractivity contribution is 7.17. The lowest BCUT2D eigenvalue weighted by atomic mass is 9.85. The van der Waals surface area contributed by atoms with Crippen LogP contribution in [0.2, 0.25) is 0 Å². The fourth-order valence-electron chi connectivity index (χ4n) is 2.47. The van der Waals surface area contributed by atoms with Gasteiger partial charge in [0.05, 0.1) is 6.20 Å². The lowest BCUT2D eigenvalue weighted by molar-refractivity contribution is 0.0876. The Hall–Kier alpha value is -1.14. The van der Waals surface area contributed by atoms with E-state index < -0.39 is 0 Å². The van der Waals surface area contributed by atoms with Crippen LogP contribution >= 0.6 is 11.3 Å². The van der Waals surface area contributed by atoms with E-state index in [0.29, 0.717) is 4.88 Å². The van der Waals surface area contributed by atoms with Crippen molar-refractivity contribution in [2.75, 3.05) is 18.5 Å². The first-order valence-corrected chi connectivity index (χ1v) is 7.67. The Kier molecular flexibility index (Phi) is 5.15. The number of anilines is 1. The van der Waals surface area contributed by atoms with Crippen LogP contribution in [0.15, 0.2) is 6.20 Å². The zero-order chi connectivity index (χ0) is 13.7. The summed E-state index contributed by atoms with van der Waals surface area (Å²) in [5, 5.41) is 16.3. The maximum absolute atomic E-state index is 12.1. The maximum atomic E-state index is 12.1. The number of carbonyl (C=O) groups is 1. The van der Waals surface area contributed by atoms with E-state index in [4.69, 9.17) is 0 Å². The lowest BCUT2D eigenvalue weighted by Gasteiger charge is -2.30. The van der Waals surface area contributed by atoms with E-state index in [1.54, 1.807) is 6.20 Å². The average Bonchev–Trinajstić information content (AvgIpc) is 2.88. The topological polar surface area (TPSA) is 74.2 Å². The third kappa shape index (κ3) is 3.67. The minimum atomic E-state index is -0.0768. The highest BCUT2D eigenvalue weighted by Gasteiger charge is 2.26. The zero-order valence-corrected chi connectivity index (χ0v) is 12.0. The molecule has 1 fully saturated rings. The summed E-state index contributed by atoms with van der Waals surface area (Å²) < 4.78 is 0. The molecule has 19 heavy (non-hydrogen) atoms. The summed E-state index contributed by atoms with van der Waals surface area (Å²) in [4.78, 5) is 16.9. The summed E-state index contributed by atoms with van der Waals surface area (Å²) in [6.45, 7) is 2.94. The maximum Gasteiger partial charge on any atom is 0.263 e. The first-order chi connectivity index (χ1) is 9.24. The van der Waals surface area contributed by atoms with Crippen molar-refractivity contribution in [3.05, 3.63) is 11.1 Å². The molecule has 106 valence electrons. The molecule has 0 saturated heterocycles. The first-order valence-electron chi connectivity index (χ1n) is 6.86. The lowest BCUT2D eigenvalue weighted by Crippen LogP contribution is -2.43. The van der Waals surface area contributed by atoms with E-state index >= 15 is 0 Å². The number of nitrogens with one attached hydrogen (secondary N) is 2. The van der Waals surface area contributed by atoms with Gasteiger partial charge in [-0.3, -0.25) is 4.79 Å². The van der Waals surface area contributed by atoms with E-state index in [1.807, 2.05) is 6.92 Å². The Labute approximate surface area is 117 Å². The van der Waals surface area contributed by atoms with Crippen molar-refractivity contribution >= 4 is 22.4 Å². The third-order valence-corrected chi connectivity index (χ3v) is 4.47. The number of thiazole rings is 1. The van der Waals surface area contributed by atoms with Gasteiger partial charge >= 0.3 is 0 Å². The second-order valence-electron chi connectivity index (χ2n) is 4.87. The molecule has 0 spiro atoms. The van der Waals surface area contributed by atoms with Crippen LogP contribution in [0.4, 0.5) is 5.13 Å². The second-order valence-corrected chi connectivity index (χ2v) is 5.90. The summed E-state index contributed by atoms with van der Waals surface area (Å²) >= 11 is 1.37. The molecule has 1 amide bonds. The van der Waals surface area contributed by atoms with Gasteiger partial charge in [0.15, 0.2) is 5.13 Å². The fraction of sp³-hybridized carbons (Fsp3) is 0.692. The number of rotatable bonds is 5. The van der Waals surface area contributed by atoms with Crippen molar-refractivity contribution in [3.63, 3.8) is 0 Å². The van der Waals surface area contributed by atoms with E-state index in [1.165, 1.54) is 11.3 Å². The highest BCUT2D eigenvalue weighted by Crippen LogP contribution is 2.25. The van der Waals surface area contributed by atoms with Crippen molar-refractivity contribution in [2.24, 2.45) is 5.92 Å². The van der Waals surface area contributed by atoms with E-state index in [2.05, 4.69) is 15.6 Å². The molecule has 1 aliphatic carbocycles. The Morgan fingerprint density at radius 3 is 3.05 bits per heavy atom. The predicted octanol–water partition coefficient (Wildman–Crippen LogP) is 1.86. The fourth-order valence-corrected chi connectivity index (χ4v) is 3.26. The van der Waals surface area contributed by atoms with Gasteiger partial charge in [0.25, 0.3) is 5.91 Å². The minimum absolute atomic E-state index is 0.0768. The molecule has 3 N–H and O–H groups in total. The third-order valence-electron chi connectivity index (χ3n) is 3.52. The monoisotopic (exact) mass is 283 g/mol. The summed E-state index contributed by atoms with van der Waals surface area (Å²) in [6.07, 6.45) is 5.81. The molecule has 1 saturated carbocycles. The standard InChI is InChI=1S/C13H21N3O2S/c1-2-14-13-15-7-11(19-13)12(18)16-10-6-4-3-5-9(10)8-17/h7,9-10,17H,2-6,8H2,1H3,(H,14,15)(H,16,18). The number of nitrogens with zero attached hydrogens (tertiary/aromatic N) is 1. The molecule has 0 radical (unpaired) electrons. The number of aliphatic hydroxyl groups excluding tert-OH is 1. The molecule has 1 heterocycles. The molecule has 6 heteroatoms. The van der Waals surface area contributed by atoms with Gasteiger partial charge in [-0.2, -0.15) is 0 Å². The smallest absolute Gasteiger partial charge is 0.263 e. The number of amides is 1. The predicted molar refractivity (Wildman–Crippen MR) is 76.6 cm³/mol. The van der Waals surface area contributed by atoms with Crippen LogP contribution < -0.4 is 10.6 Å². The molecule has 0 aromatic carbocycles. The van der Waals surface area contributed by atoms with Gasteiger partial charge in [-0.15, -0.1) is 0 Å². The molecule has 0 aliphatic heterocycles. The van der Waals surface area contributed by atoms with Crippen LogP contribution in [0.5, 0.6) is 0 Å². The SMILES string of the molecule is CCNc1ncc(C(=O)NC2CCCCC2CO)s1. The summed E-state index contributed by atoms with van der Waals surface area (Å²) in [6, 6.07) is 0.0935. The second kappa shape index (κ2) is 6.86. The number of aromatic nitrogens is 1. The Morgan fingerprint density at radius 1 is 1.53 bits per heavy atom. The van der Waals surface area contributed by atoms with Gasteiger partial charge in [-0.1, -0.05) is 24.2 Å². The number of carbonyl (C=O) groups excluding carboxylic acids is 1. The average molecular weight is 283 g/mol. The van der Waals surface area contributed by atoms with E-state index in [0.717, 1.165) is 37.4 Å². The molecule has 1 aromatic heterocycles. The Bertz CT molecular complexity index is 422. The molecule has 2 atom stereocenters. The Balaban J connectivity index is 1.95. The van der Waals surface area contributed by atoms with Crippen LogP contribution in [-0.2, 0) is 0 Å².